The molecule has 52 valence electrons. The molecule has 0 bridgehead atoms. The van der Waals surface area contributed by atoms with Gasteiger partial charge in [-0.2, -0.15) is 0 Å². The summed E-state index contributed by atoms with van der Waals surface area (Å²) in [5, 5.41) is 1.71. The number of aliphatic imine (C=N–C) groups is 1. The molecule has 1 N–H and O–H groups in total. The van der Waals surface area contributed by atoms with Crippen molar-refractivity contribution in [2.75, 3.05) is 0 Å². The van der Waals surface area contributed by atoms with Gasteiger partial charge in [0.25, 0.3) is 0 Å². The third-order valence-corrected chi connectivity index (χ3v) is 1.53. The van der Waals surface area contributed by atoms with E-state index in [2.05, 4.69) is 10.4 Å². The molecule has 0 saturated carbocycles. The van der Waals surface area contributed by atoms with Crippen molar-refractivity contribution in [2.45, 2.75) is 12.6 Å². The van der Waals surface area contributed by atoms with E-state index < -0.39 is 0 Å². The van der Waals surface area contributed by atoms with Gasteiger partial charge in [0.15, 0.2) is 0 Å². The van der Waals surface area contributed by atoms with E-state index in [9.17, 15) is 4.79 Å². The van der Waals surface area contributed by atoms with Crippen LogP contribution in [0, 0.1) is 0 Å². The Hall–Kier alpha value is -1.32. The zero-order valence-electron chi connectivity index (χ0n) is 5.32. The van der Waals surface area contributed by atoms with Crippen LogP contribution in [0.5, 0.6) is 0 Å². The maximum absolute atomic E-state index is 10.7. The topological polar surface area (TPSA) is 44.7 Å². The van der Waals surface area contributed by atoms with Gasteiger partial charge in [-0.15, -0.1) is 0 Å². The van der Waals surface area contributed by atoms with Gasteiger partial charge in [-0.3, -0.25) is 20.2 Å². The summed E-state index contributed by atoms with van der Waals surface area (Å²) in [7, 11) is 0. The minimum Gasteiger partial charge on any atom is -0.273 e. The molecule has 10 heavy (non-hydrogen) atoms. The Morgan fingerprint density at radius 1 is 1.80 bits per heavy atom. The molecule has 0 spiro atoms. The lowest BCUT2D eigenvalue weighted by molar-refractivity contribution is -0.120. The van der Waals surface area contributed by atoms with E-state index in [1.807, 2.05) is 6.20 Å². The fourth-order valence-corrected chi connectivity index (χ4v) is 1.07. The molecule has 4 nitrogen and oxygen atoms in total. The second-order valence-electron chi connectivity index (χ2n) is 2.27. The largest absolute Gasteiger partial charge is 0.273 e. The van der Waals surface area contributed by atoms with Crippen molar-refractivity contribution in [3.05, 3.63) is 12.3 Å². The molecule has 0 aromatic heterocycles. The molecule has 2 heterocycles. The average molecular weight is 137 g/mol. The molecule has 4 heteroatoms. The summed E-state index contributed by atoms with van der Waals surface area (Å²) in [5.41, 5.74) is 2.65. The van der Waals surface area contributed by atoms with Gasteiger partial charge in [0.2, 0.25) is 5.91 Å². The summed E-state index contributed by atoms with van der Waals surface area (Å²) >= 11 is 0. The minimum atomic E-state index is -0.00231. The molecule has 1 amide bonds. The smallest absolute Gasteiger partial charge is 0.242 e. The number of amides is 1. The molecule has 2 aliphatic rings. The van der Waals surface area contributed by atoms with E-state index in [0.29, 0.717) is 6.42 Å². The maximum Gasteiger partial charge on any atom is 0.242 e. The quantitative estimate of drug-likeness (QED) is 0.496. The van der Waals surface area contributed by atoms with E-state index in [0.717, 1.165) is 0 Å². The molecule has 0 radical (unpaired) electrons. The summed E-state index contributed by atoms with van der Waals surface area (Å²) in [4.78, 5) is 14.8. The third-order valence-electron chi connectivity index (χ3n) is 1.53. The number of carbonyl (C=O) groups is 1. The van der Waals surface area contributed by atoms with Crippen LogP contribution in [0.3, 0.4) is 0 Å². The summed E-state index contributed by atoms with van der Waals surface area (Å²) in [6.07, 6.45) is 5.78. The Kier molecular flexibility index (Phi) is 1.00. The highest BCUT2D eigenvalue weighted by Gasteiger charge is 2.27. The number of fused-ring (bicyclic) bond motifs is 1. The monoisotopic (exact) mass is 137 g/mol. The highest BCUT2D eigenvalue weighted by Crippen LogP contribution is 2.12. The number of hydrogen-bond acceptors (Lipinski definition) is 3. The predicted octanol–water partition coefficient (Wildman–Crippen LogP) is -0.352. The number of carbonyl (C=O) groups excluding carboxylic acids is 1. The van der Waals surface area contributed by atoms with Crippen LogP contribution < -0.4 is 5.43 Å². The number of rotatable bonds is 0. The summed E-state index contributed by atoms with van der Waals surface area (Å²) in [6, 6.07) is 0. The highest BCUT2D eigenvalue weighted by atomic mass is 16.2. The van der Waals surface area contributed by atoms with Crippen LogP contribution in [0.15, 0.2) is 17.3 Å². The molecule has 1 fully saturated rings. The van der Waals surface area contributed by atoms with Gasteiger partial charge in [-0.05, 0) is 6.08 Å². The highest BCUT2D eigenvalue weighted by molar-refractivity contribution is 5.80. The van der Waals surface area contributed by atoms with Crippen LogP contribution in [0.2, 0.25) is 0 Å². The molecule has 0 aliphatic carbocycles. The van der Waals surface area contributed by atoms with Crippen molar-refractivity contribution in [1.82, 2.24) is 10.4 Å². The average Bonchev–Trinajstić information content (AvgIpc) is 2.27. The summed E-state index contributed by atoms with van der Waals surface area (Å²) in [6.45, 7) is 0. The Balaban J connectivity index is 2.22. The van der Waals surface area contributed by atoms with Crippen molar-refractivity contribution in [3.8, 4) is 0 Å². The standard InChI is InChI=1S/C6H7N3O/c10-6-4-5-7-2-1-3-9(5)8-6/h1-3,5H,4H2,(H,8,10). The maximum atomic E-state index is 10.7. The minimum absolute atomic E-state index is 0.00231. The van der Waals surface area contributed by atoms with Crippen molar-refractivity contribution in [3.63, 3.8) is 0 Å². The van der Waals surface area contributed by atoms with Crippen LogP contribution in [0.4, 0.5) is 0 Å². The van der Waals surface area contributed by atoms with Crippen molar-refractivity contribution in [2.24, 2.45) is 4.99 Å². The number of allylic oxidation sites excluding steroid dienone is 1. The van der Waals surface area contributed by atoms with Gasteiger partial charge in [0, 0.05) is 12.4 Å². The van der Waals surface area contributed by atoms with E-state index in [-0.39, 0.29) is 12.1 Å². The molecule has 2 aliphatic heterocycles. The first-order valence-corrected chi connectivity index (χ1v) is 3.14. The molecule has 1 saturated heterocycles. The van der Waals surface area contributed by atoms with Gasteiger partial charge in [0.05, 0.1) is 6.42 Å². The number of hydrazine groups is 1. The molecule has 2 rings (SSSR count). The number of nitrogens with one attached hydrogen (secondary N) is 1. The Labute approximate surface area is 58.2 Å². The van der Waals surface area contributed by atoms with E-state index in [1.165, 1.54) is 0 Å². The normalized spacial score (nSPS) is 28.6. The molecular weight excluding hydrogens is 130 g/mol. The zero-order valence-corrected chi connectivity index (χ0v) is 5.32. The fraction of sp³-hybridized carbons (Fsp3) is 0.333. The lowest BCUT2D eigenvalue weighted by atomic mass is 10.3. The fourth-order valence-electron chi connectivity index (χ4n) is 1.07. The van der Waals surface area contributed by atoms with Gasteiger partial charge in [-0.1, -0.05) is 0 Å². The van der Waals surface area contributed by atoms with E-state index >= 15 is 0 Å². The van der Waals surface area contributed by atoms with Crippen LogP contribution >= 0.6 is 0 Å². The molecule has 0 aromatic rings. The Bertz CT molecular complexity index is 199. The predicted molar refractivity (Wildman–Crippen MR) is 36.0 cm³/mol. The first-order chi connectivity index (χ1) is 4.86. The third kappa shape index (κ3) is 0.689. The van der Waals surface area contributed by atoms with Crippen LogP contribution in [-0.4, -0.2) is 23.3 Å². The van der Waals surface area contributed by atoms with Crippen molar-refractivity contribution >= 4 is 12.1 Å². The van der Waals surface area contributed by atoms with Crippen LogP contribution in [0.1, 0.15) is 6.42 Å². The molecule has 1 unspecified atom stereocenters. The van der Waals surface area contributed by atoms with E-state index in [4.69, 9.17) is 0 Å². The van der Waals surface area contributed by atoms with Crippen LogP contribution in [0.25, 0.3) is 0 Å². The van der Waals surface area contributed by atoms with Crippen molar-refractivity contribution in [1.29, 1.82) is 0 Å². The summed E-state index contributed by atoms with van der Waals surface area (Å²) < 4.78 is 0. The van der Waals surface area contributed by atoms with Gasteiger partial charge >= 0.3 is 0 Å². The lowest BCUT2D eigenvalue weighted by Crippen LogP contribution is -2.33. The zero-order chi connectivity index (χ0) is 6.97. The van der Waals surface area contributed by atoms with Crippen molar-refractivity contribution < 1.29 is 4.79 Å². The van der Waals surface area contributed by atoms with E-state index in [1.54, 1.807) is 17.3 Å². The first-order valence-electron chi connectivity index (χ1n) is 3.14. The molecule has 0 aromatic carbocycles. The Morgan fingerprint density at radius 3 is 3.50 bits per heavy atom. The number of nitrogens with zero attached hydrogens (tertiary/aromatic N) is 2. The second kappa shape index (κ2) is 1.83. The SMILES string of the molecule is O=C1CC2N=CC=CN2N1. The lowest BCUT2D eigenvalue weighted by Gasteiger charge is -2.19. The van der Waals surface area contributed by atoms with Crippen LogP contribution in [-0.2, 0) is 4.79 Å². The Morgan fingerprint density at radius 2 is 2.70 bits per heavy atom. The molecular formula is C6H7N3O. The van der Waals surface area contributed by atoms with Gasteiger partial charge < -0.3 is 0 Å². The molecule has 1 atom stereocenters. The number of hydrogen-bond donors (Lipinski definition) is 1. The van der Waals surface area contributed by atoms with Gasteiger partial charge in [-0.25, -0.2) is 0 Å². The summed E-state index contributed by atoms with van der Waals surface area (Å²) in [5.74, 6) is 0.0358. The first kappa shape index (κ1) is 5.46. The second-order valence-corrected chi connectivity index (χ2v) is 2.27. The van der Waals surface area contributed by atoms with Gasteiger partial charge in [0.1, 0.15) is 6.17 Å².